The van der Waals surface area contributed by atoms with Crippen LogP contribution in [0, 0.1) is 44.1 Å². The van der Waals surface area contributed by atoms with Crippen molar-refractivity contribution in [1.82, 2.24) is 9.97 Å². The molecule has 13 heteroatoms. The Bertz CT molecular complexity index is 829. The van der Waals surface area contributed by atoms with Crippen LogP contribution in [-0.2, 0) is 9.13 Å². The van der Waals surface area contributed by atoms with Crippen LogP contribution in [0.3, 0.4) is 0 Å². The van der Waals surface area contributed by atoms with Gasteiger partial charge in [-0.05, 0) is 6.07 Å². The average molecular weight is 590 g/mol. The number of fused-ring (bicyclic) bond motifs is 1. The van der Waals surface area contributed by atoms with Gasteiger partial charge in [0.2, 0.25) is 7.37 Å². The second-order valence-corrected chi connectivity index (χ2v) is 9.22. The minimum Gasteiger partial charge on any atom is -0.504 e. The first kappa shape index (κ1) is 21.8. The topological polar surface area (TPSA) is 162 Å². The van der Waals surface area contributed by atoms with Crippen molar-refractivity contribution in [2.75, 3.05) is 24.6 Å². The van der Waals surface area contributed by atoms with Gasteiger partial charge in [0.05, 0.1) is 18.9 Å². The first-order chi connectivity index (χ1) is 10.6. The van der Waals surface area contributed by atoms with Gasteiger partial charge in [0, 0.05) is 55.5 Å². The van der Waals surface area contributed by atoms with E-state index in [1.54, 1.807) is 0 Å². The molecule has 10 nitrogen and oxygen atoms in total. The Morgan fingerprint density at radius 1 is 1.21 bits per heavy atom. The summed E-state index contributed by atoms with van der Waals surface area (Å²) in [7, 11) is -7.34. The molecule has 129 valence electrons. The number of aromatic nitrogens is 2. The van der Waals surface area contributed by atoms with Crippen LogP contribution in [0.4, 0.5) is 5.82 Å². The summed E-state index contributed by atoms with van der Waals surface area (Å²) in [6.45, 7) is 0. The number of methoxy groups -OCH3 is 1. The third-order valence-electron chi connectivity index (χ3n) is 2.83. The first-order valence-electron chi connectivity index (χ1n) is 6.22. The zero-order chi connectivity index (χ0) is 17.3. The number of hydrogen-bond donors (Lipinski definition) is 5. The minimum atomic E-state index is -4.62. The van der Waals surface area contributed by atoms with Crippen LogP contribution in [0.15, 0.2) is 18.5 Å². The van der Waals surface area contributed by atoms with Crippen molar-refractivity contribution in [2.45, 2.75) is 0 Å². The van der Waals surface area contributed by atoms with Crippen molar-refractivity contribution in [3.05, 3.63) is 18.5 Å². The van der Waals surface area contributed by atoms with E-state index in [4.69, 9.17) is 14.5 Å². The first-order valence-corrected chi connectivity index (χ1v) is 10.0. The Morgan fingerprint density at radius 2 is 1.88 bits per heavy atom. The van der Waals surface area contributed by atoms with E-state index in [1.165, 1.54) is 25.6 Å². The minimum absolute atomic E-state index is 0. The van der Waals surface area contributed by atoms with Crippen LogP contribution < -0.4 is 10.1 Å². The fraction of sp³-hybridized carbons (Fsp3) is 0.273. The van der Waals surface area contributed by atoms with Crippen LogP contribution in [0.1, 0.15) is 0 Å². The van der Waals surface area contributed by atoms with Crippen molar-refractivity contribution < 1.29 is 77.7 Å². The van der Waals surface area contributed by atoms with Gasteiger partial charge in [-0.25, -0.2) is 9.97 Å². The van der Waals surface area contributed by atoms with Gasteiger partial charge in [-0.15, -0.1) is 0 Å². The van der Waals surface area contributed by atoms with E-state index in [-0.39, 0.29) is 61.4 Å². The van der Waals surface area contributed by atoms with Crippen molar-refractivity contribution >= 4 is 31.7 Å². The number of benzene rings is 1. The zero-order valence-electron chi connectivity index (χ0n) is 12.5. The number of aromatic hydroxyl groups is 1. The van der Waals surface area contributed by atoms with Gasteiger partial charge >= 0.3 is 7.60 Å². The van der Waals surface area contributed by atoms with Gasteiger partial charge < -0.3 is 29.8 Å². The number of anilines is 1. The van der Waals surface area contributed by atoms with Crippen molar-refractivity contribution in [3.63, 3.8) is 0 Å². The second kappa shape index (κ2) is 8.42. The third-order valence-corrected chi connectivity index (χ3v) is 6.73. The molecular weight excluding hydrogens is 575 g/mol. The van der Waals surface area contributed by atoms with Gasteiger partial charge in [0.1, 0.15) is 18.0 Å². The molecule has 2 rings (SSSR count). The van der Waals surface area contributed by atoms with E-state index in [0.717, 1.165) is 0 Å². The molecule has 1 aromatic heterocycles. The third kappa shape index (κ3) is 5.92. The molecule has 1 heterocycles. The standard InChI is InChI=1S/C11H15N3O7P2.Ac/c1-21-10-3-8-7(2-9(10)15)11(13-4-12-8)14-5-22(16,17)6-23(18,19)20;/h2-4,15H,5-6H2,1H3,(H,16,17)(H,12,13,14)(H2,18,19,20);. The summed E-state index contributed by atoms with van der Waals surface area (Å²) in [5.74, 6) is -0.945. The Hall–Kier alpha value is -0.258. The van der Waals surface area contributed by atoms with Gasteiger partial charge in [0.25, 0.3) is 0 Å². The van der Waals surface area contributed by atoms with Gasteiger partial charge in [-0.2, -0.15) is 0 Å². The van der Waals surface area contributed by atoms with Crippen LogP contribution in [0.25, 0.3) is 10.9 Å². The normalized spacial score (nSPS) is 13.8. The van der Waals surface area contributed by atoms with Gasteiger partial charge in [-0.1, -0.05) is 0 Å². The van der Waals surface area contributed by atoms with Crippen LogP contribution >= 0.6 is 15.0 Å². The molecule has 2 aromatic rings. The molecule has 1 unspecified atom stereocenters. The summed E-state index contributed by atoms with van der Waals surface area (Å²) in [6.07, 6.45) is 0.615. The monoisotopic (exact) mass is 590 g/mol. The summed E-state index contributed by atoms with van der Waals surface area (Å²) in [5, 5.41) is 12.7. The number of ether oxygens (including phenoxy) is 1. The van der Waals surface area contributed by atoms with Crippen LogP contribution in [0.5, 0.6) is 11.5 Å². The number of phenols is 1. The molecule has 1 radical (unpaired) electrons. The average Bonchev–Trinajstić information content (AvgIpc) is 2.42. The van der Waals surface area contributed by atoms with E-state index in [1.807, 2.05) is 0 Å². The molecule has 5 N–H and O–H groups in total. The molecule has 0 aliphatic heterocycles. The summed E-state index contributed by atoms with van der Waals surface area (Å²) >= 11 is 0. The molecule has 0 bridgehead atoms. The maximum Gasteiger partial charge on any atom is 0.335 e. The quantitative estimate of drug-likeness (QED) is 0.309. The predicted molar refractivity (Wildman–Crippen MR) is 83.0 cm³/mol. The molecule has 0 aliphatic carbocycles. The SMILES string of the molecule is COc1cc2ncnc(NCP(=O)(O)CP(=O)(O)O)c2cc1O.[Ac]. The summed E-state index contributed by atoms with van der Waals surface area (Å²) in [6, 6.07) is 2.79. The van der Waals surface area contributed by atoms with E-state index >= 15 is 0 Å². The molecule has 1 aromatic carbocycles. The fourth-order valence-electron chi connectivity index (χ4n) is 1.91. The zero-order valence-corrected chi connectivity index (χ0v) is 19.1. The Kier molecular flexibility index (Phi) is 7.64. The number of hydrogen-bond acceptors (Lipinski definition) is 7. The van der Waals surface area contributed by atoms with Gasteiger partial charge in [-0.3, -0.25) is 9.13 Å². The number of nitrogens with one attached hydrogen (secondary N) is 1. The van der Waals surface area contributed by atoms with Crippen molar-refractivity contribution in [3.8, 4) is 11.5 Å². The summed E-state index contributed by atoms with van der Waals surface area (Å²) < 4.78 is 27.6. The van der Waals surface area contributed by atoms with Crippen LogP contribution in [0.2, 0.25) is 0 Å². The second-order valence-electron chi connectivity index (χ2n) is 4.75. The molecular formula is C11H15AcN3O7P2. The van der Waals surface area contributed by atoms with E-state index in [2.05, 4.69) is 15.3 Å². The molecule has 24 heavy (non-hydrogen) atoms. The Balaban J connectivity index is 0.00000288. The predicted octanol–water partition coefficient (Wildman–Crippen LogP) is 1.12. The van der Waals surface area contributed by atoms with Crippen molar-refractivity contribution in [2.24, 2.45) is 0 Å². The maximum absolute atomic E-state index is 11.8. The van der Waals surface area contributed by atoms with E-state index in [9.17, 15) is 19.1 Å². The number of nitrogens with zero attached hydrogens (tertiary/aromatic N) is 2. The molecule has 0 saturated carbocycles. The smallest absolute Gasteiger partial charge is 0.335 e. The van der Waals surface area contributed by atoms with Crippen molar-refractivity contribution in [1.29, 1.82) is 0 Å². The summed E-state index contributed by atoms with van der Waals surface area (Å²) in [5.41, 5.74) is 0.417. The molecule has 0 amide bonds. The Morgan fingerprint density at radius 3 is 2.46 bits per heavy atom. The van der Waals surface area contributed by atoms with E-state index < -0.39 is 27.2 Å². The molecule has 0 fully saturated rings. The van der Waals surface area contributed by atoms with E-state index in [0.29, 0.717) is 10.9 Å². The fourth-order valence-corrected chi connectivity index (χ4v) is 5.01. The molecule has 0 saturated heterocycles. The molecule has 1 atom stereocenters. The molecule has 0 aliphatic rings. The largest absolute Gasteiger partial charge is 0.504 e. The number of rotatable bonds is 6. The number of phenolic OH excluding ortho intramolecular Hbond substituents is 1. The van der Waals surface area contributed by atoms with Crippen LogP contribution in [-0.4, -0.2) is 49.1 Å². The molecule has 0 spiro atoms. The maximum atomic E-state index is 11.8. The Labute approximate surface area is 172 Å². The summed E-state index contributed by atoms with van der Waals surface area (Å²) in [4.78, 5) is 35.1. The van der Waals surface area contributed by atoms with Gasteiger partial charge in [0.15, 0.2) is 11.5 Å².